The van der Waals surface area contributed by atoms with E-state index in [-0.39, 0.29) is 6.17 Å². The zero-order valence-electron chi connectivity index (χ0n) is 10.9. The van der Waals surface area contributed by atoms with E-state index in [4.69, 9.17) is 5.73 Å². The standard InChI is InChI=1S/C13H17N5O/c1-9-6-10(2-5-12(9)14)7-17-13(8-19)18(16-15-17)11-3-4-11/h2,5-6,8,11,13H,3-4,7,14H2,1H3. The Morgan fingerprint density at radius 2 is 2.21 bits per heavy atom. The molecule has 1 unspecified atom stereocenters. The molecule has 0 saturated heterocycles. The van der Waals surface area contributed by atoms with Gasteiger partial charge >= 0.3 is 0 Å². The average Bonchev–Trinajstić information content (AvgIpc) is 3.16. The van der Waals surface area contributed by atoms with Crippen LogP contribution < -0.4 is 5.73 Å². The molecule has 1 heterocycles. The molecule has 1 aromatic carbocycles. The van der Waals surface area contributed by atoms with Crippen LogP contribution in [0.5, 0.6) is 0 Å². The topological polar surface area (TPSA) is 74.3 Å². The van der Waals surface area contributed by atoms with Gasteiger partial charge < -0.3 is 5.73 Å². The Kier molecular flexibility index (Phi) is 2.85. The molecule has 100 valence electrons. The third-order valence-electron chi connectivity index (χ3n) is 3.56. The average molecular weight is 259 g/mol. The summed E-state index contributed by atoms with van der Waals surface area (Å²) in [6.45, 7) is 2.54. The van der Waals surface area contributed by atoms with Crippen molar-refractivity contribution < 1.29 is 4.79 Å². The first-order chi connectivity index (χ1) is 9.19. The number of carbonyl (C=O) groups is 1. The number of anilines is 1. The fourth-order valence-corrected chi connectivity index (χ4v) is 2.25. The maximum Gasteiger partial charge on any atom is 0.193 e. The molecule has 1 aliphatic carbocycles. The van der Waals surface area contributed by atoms with Crippen molar-refractivity contribution in [3.63, 3.8) is 0 Å². The number of aldehydes is 1. The summed E-state index contributed by atoms with van der Waals surface area (Å²) in [7, 11) is 0. The molecule has 1 atom stereocenters. The number of hydrogen-bond donors (Lipinski definition) is 1. The van der Waals surface area contributed by atoms with E-state index in [1.165, 1.54) is 0 Å². The molecule has 3 rings (SSSR count). The van der Waals surface area contributed by atoms with Crippen molar-refractivity contribution in [1.82, 2.24) is 10.0 Å². The molecular weight excluding hydrogens is 242 g/mol. The normalized spacial score (nSPS) is 22.1. The van der Waals surface area contributed by atoms with E-state index in [1.807, 2.05) is 25.1 Å². The highest BCUT2D eigenvalue weighted by atomic mass is 16.1. The monoisotopic (exact) mass is 259 g/mol. The van der Waals surface area contributed by atoms with Crippen molar-refractivity contribution in [3.05, 3.63) is 29.3 Å². The second-order valence-corrected chi connectivity index (χ2v) is 5.13. The Bertz CT molecular complexity index is 526. The van der Waals surface area contributed by atoms with Gasteiger partial charge in [0.1, 0.15) is 0 Å². The summed E-state index contributed by atoms with van der Waals surface area (Å²) < 4.78 is 0. The van der Waals surface area contributed by atoms with Crippen molar-refractivity contribution in [1.29, 1.82) is 0 Å². The number of benzene rings is 1. The SMILES string of the molecule is Cc1cc(CN2N=NN(C3CC3)C2C=O)ccc1N. The van der Waals surface area contributed by atoms with E-state index in [2.05, 4.69) is 10.4 Å². The molecule has 0 bridgehead atoms. The minimum atomic E-state index is -0.370. The third-order valence-corrected chi connectivity index (χ3v) is 3.56. The molecule has 0 spiro atoms. The lowest BCUT2D eigenvalue weighted by Gasteiger charge is -2.23. The Labute approximate surface area is 111 Å². The van der Waals surface area contributed by atoms with Crippen molar-refractivity contribution in [3.8, 4) is 0 Å². The van der Waals surface area contributed by atoms with Crippen LogP contribution in [0.3, 0.4) is 0 Å². The van der Waals surface area contributed by atoms with Gasteiger partial charge in [-0.2, -0.15) is 0 Å². The molecule has 0 amide bonds. The number of nitrogens with two attached hydrogens (primary N) is 1. The maximum absolute atomic E-state index is 11.2. The summed E-state index contributed by atoms with van der Waals surface area (Å²) in [6.07, 6.45) is 2.73. The maximum atomic E-state index is 11.2. The summed E-state index contributed by atoms with van der Waals surface area (Å²) in [6, 6.07) is 6.25. The van der Waals surface area contributed by atoms with Crippen LogP contribution >= 0.6 is 0 Å². The first kappa shape index (κ1) is 12.0. The molecule has 0 aromatic heterocycles. The van der Waals surface area contributed by atoms with Crippen molar-refractivity contribution in [2.24, 2.45) is 10.4 Å². The lowest BCUT2D eigenvalue weighted by atomic mass is 10.1. The van der Waals surface area contributed by atoms with E-state index in [0.29, 0.717) is 12.6 Å². The van der Waals surface area contributed by atoms with Crippen LogP contribution in [0.15, 0.2) is 28.6 Å². The van der Waals surface area contributed by atoms with E-state index >= 15 is 0 Å². The quantitative estimate of drug-likeness (QED) is 0.659. The molecule has 2 N–H and O–H groups in total. The second-order valence-electron chi connectivity index (χ2n) is 5.13. The summed E-state index contributed by atoms with van der Waals surface area (Å²) in [5.41, 5.74) is 8.69. The van der Waals surface area contributed by atoms with Crippen LogP contribution in [0, 0.1) is 6.92 Å². The predicted octanol–water partition coefficient (Wildman–Crippen LogP) is 1.66. The van der Waals surface area contributed by atoms with Gasteiger partial charge in [0.2, 0.25) is 0 Å². The highest BCUT2D eigenvalue weighted by Gasteiger charge is 2.39. The van der Waals surface area contributed by atoms with Gasteiger partial charge in [-0.15, -0.1) is 0 Å². The summed E-state index contributed by atoms with van der Waals surface area (Å²) in [5, 5.41) is 11.7. The number of nitrogen functional groups attached to an aromatic ring is 1. The van der Waals surface area contributed by atoms with Gasteiger partial charge in [-0.05, 0) is 37.0 Å². The molecule has 0 radical (unpaired) electrons. The van der Waals surface area contributed by atoms with Gasteiger partial charge in [0.15, 0.2) is 12.5 Å². The molecule has 1 aliphatic heterocycles. The Balaban J connectivity index is 1.73. The van der Waals surface area contributed by atoms with Gasteiger partial charge in [0.05, 0.1) is 12.6 Å². The Hall–Kier alpha value is -2.11. The van der Waals surface area contributed by atoms with Gasteiger partial charge in [-0.25, -0.2) is 10.0 Å². The van der Waals surface area contributed by atoms with E-state index < -0.39 is 0 Å². The fraction of sp³-hybridized carbons (Fsp3) is 0.462. The molecule has 1 saturated carbocycles. The lowest BCUT2D eigenvalue weighted by Crippen LogP contribution is -2.40. The molecule has 6 nitrogen and oxygen atoms in total. The fourth-order valence-electron chi connectivity index (χ4n) is 2.25. The number of hydrogen-bond acceptors (Lipinski definition) is 6. The molecular formula is C13H17N5O. The first-order valence-corrected chi connectivity index (χ1v) is 6.46. The van der Waals surface area contributed by atoms with Gasteiger partial charge in [-0.3, -0.25) is 4.79 Å². The second kappa shape index (κ2) is 4.53. The number of aryl methyl sites for hydroxylation is 1. The van der Waals surface area contributed by atoms with Crippen LogP contribution in [0.25, 0.3) is 0 Å². The molecule has 6 heteroatoms. The Morgan fingerprint density at radius 3 is 2.84 bits per heavy atom. The minimum absolute atomic E-state index is 0.370. The Morgan fingerprint density at radius 1 is 1.42 bits per heavy atom. The van der Waals surface area contributed by atoms with Crippen LogP contribution in [0.1, 0.15) is 24.0 Å². The van der Waals surface area contributed by atoms with Gasteiger partial charge in [0, 0.05) is 5.69 Å². The summed E-state index contributed by atoms with van der Waals surface area (Å²) in [4.78, 5) is 11.2. The molecule has 19 heavy (non-hydrogen) atoms. The van der Waals surface area contributed by atoms with Gasteiger partial charge in [0.25, 0.3) is 0 Å². The number of carbonyl (C=O) groups excluding carboxylic acids is 1. The van der Waals surface area contributed by atoms with Crippen LogP contribution in [-0.2, 0) is 11.3 Å². The van der Waals surface area contributed by atoms with Crippen LogP contribution in [-0.4, -0.2) is 28.5 Å². The van der Waals surface area contributed by atoms with Crippen LogP contribution in [0.4, 0.5) is 5.69 Å². The number of rotatable bonds is 4. The molecule has 2 aliphatic rings. The minimum Gasteiger partial charge on any atom is -0.399 e. The molecule has 1 fully saturated rings. The third kappa shape index (κ3) is 2.25. The van der Waals surface area contributed by atoms with Gasteiger partial charge in [-0.1, -0.05) is 22.6 Å². The molecule has 1 aromatic rings. The largest absolute Gasteiger partial charge is 0.399 e. The highest BCUT2D eigenvalue weighted by molar-refractivity contribution is 5.57. The van der Waals surface area contributed by atoms with Crippen molar-refractivity contribution in [2.75, 3.05) is 5.73 Å². The van der Waals surface area contributed by atoms with E-state index in [0.717, 1.165) is 35.9 Å². The summed E-state index contributed by atoms with van der Waals surface area (Å²) in [5.74, 6) is 0. The smallest absolute Gasteiger partial charge is 0.193 e. The lowest BCUT2D eigenvalue weighted by molar-refractivity contribution is -0.116. The zero-order valence-corrected chi connectivity index (χ0v) is 10.9. The van der Waals surface area contributed by atoms with Crippen LogP contribution in [0.2, 0.25) is 0 Å². The van der Waals surface area contributed by atoms with Crippen molar-refractivity contribution in [2.45, 2.75) is 38.5 Å². The van der Waals surface area contributed by atoms with E-state index in [1.54, 1.807) is 10.0 Å². The summed E-state index contributed by atoms with van der Waals surface area (Å²) >= 11 is 0. The predicted molar refractivity (Wildman–Crippen MR) is 70.7 cm³/mol. The number of nitrogens with zero attached hydrogens (tertiary/aromatic N) is 4. The van der Waals surface area contributed by atoms with Crippen molar-refractivity contribution >= 4 is 12.0 Å². The van der Waals surface area contributed by atoms with E-state index in [9.17, 15) is 4.79 Å². The zero-order chi connectivity index (χ0) is 13.4. The first-order valence-electron chi connectivity index (χ1n) is 6.46. The highest BCUT2D eigenvalue weighted by Crippen LogP contribution is 2.33.